The van der Waals surface area contributed by atoms with Crippen molar-refractivity contribution in [3.8, 4) is 11.1 Å². The number of hydrogen-bond donors (Lipinski definition) is 3. The van der Waals surface area contributed by atoms with Gasteiger partial charge in [-0.2, -0.15) is 0 Å². The van der Waals surface area contributed by atoms with E-state index in [4.69, 9.17) is 4.74 Å². The summed E-state index contributed by atoms with van der Waals surface area (Å²) in [5.74, 6) is -1.69. The Hall–Kier alpha value is -3.35. The molecule has 0 aliphatic heterocycles. The van der Waals surface area contributed by atoms with E-state index in [2.05, 4.69) is 34.9 Å². The normalized spacial score (nSPS) is 20.1. The minimum absolute atomic E-state index is 0.0280. The third-order valence-electron chi connectivity index (χ3n) is 7.27. The number of rotatable bonds is 8. The minimum Gasteiger partial charge on any atom is -0.481 e. The molecule has 3 N–H and O–H groups in total. The molecule has 1 fully saturated rings. The van der Waals surface area contributed by atoms with Gasteiger partial charge in [-0.1, -0.05) is 74.7 Å². The summed E-state index contributed by atoms with van der Waals surface area (Å²) in [4.78, 5) is 36.9. The molecule has 0 saturated heterocycles. The van der Waals surface area contributed by atoms with Gasteiger partial charge in [0.25, 0.3) is 0 Å². The van der Waals surface area contributed by atoms with Crippen LogP contribution in [0, 0.1) is 5.92 Å². The highest BCUT2D eigenvalue weighted by atomic mass is 16.5. The number of ether oxygens (including phenoxy) is 1. The molecule has 3 atom stereocenters. The fourth-order valence-electron chi connectivity index (χ4n) is 5.37. The van der Waals surface area contributed by atoms with Gasteiger partial charge in [0.05, 0.1) is 5.92 Å². The number of carboxylic acid groups (broad SMARTS) is 1. The average molecular weight is 479 g/mol. The Morgan fingerprint density at radius 2 is 1.60 bits per heavy atom. The predicted octanol–water partition coefficient (Wildman–Crippen LogP) is 4.84. The number of fused-ring (bicyclic) bond motifs is 3. The summed E-state index contributed by atoms with van der Waals surface area (Å²) in [7, 11) is 0. The molecule has 2 amide bonds. The minimum atomic E-state index is -0.860. The zero-order chi connectivity index (χ0) is 24.8. The Morgan fingerprint density at radius 3 is 2.23 bits per heavy atom. The van der Waals surface area contributed by atoms with Crippen molar-refractivity contribution in [2.24, 2.45) is 5.92 Å². The third kappa shape index (κ3) is 5.84. The van der Waals surface area contributed by atoms with Gasteiger partial charge in [0, 0.05) is 24.4 Å². The van der Waals surface area contributed by atoms with E-state index in [1.54, 1.807) is 0 Å². The monoisotopic (exact) mass is 478 g/mol. The zero-order valence-corrected chi connectivity index (χ0v) is 20.2. The molecule has 0 aromatic heterocycles. The molecule has 0 unspecified atom stereocenters. The van der Waals surface area contributed by atoms with Crippen LogP contribution in [0.5, 0.6) is 0 Å². The third-order valence-corrected chi connectivity index (χ3v) is 7.27. The SMILES string of the molecule is CC[C@@H](CC(=O)N[C@H]1CCCCC[C@H]1C(=O)O)NC(=O)OCC1c2ccccc2-c2ccccc21. The Labute approximate surface area is 206 Å². The molecule has 0 bridgehead atoms. The van der Waals surface area contributed by atoms with Crippen LogP contribution >= 0.6 is 0 Å². The maximum absolute atomic E-state index is 12.7. The molecule has 4 rings (SSSR count). The van der Waals surface area contributed by atoms with Crippen molar-refractivity contribution in [2.45, 2.75) is 69.9 Å². The van der Waals surface area contributed by atoms with E-state index in [9.17, 15) is 19.5 Å². The van der Waals surface area contributed by atoms with Crippen molar-refractivity contribution in [1.29, 1.82) is 0 Å². The predicted molar refractivity (Wildman–Crippen MR) is 133 cm³/mol. The standard InChI is InChI=1S/C28H34N2O5/c1-2-18(16-26(31)30-25-15-5-3-4-14-23(25)27(32)33)29-28(34)35-17-24-21-12-8-6-10-19(21)20-11-7-9-13-22(20)24/h6-13,18,23-25H,2-5,14-17H2,1H3,(H,29,34)(H,30,31)(H,32,33)/t18-,23+,25-/m0/s1. The first-order valence-corrected chi connectivity index (χ1v) is 12.6. The van der Waals surface area contributed by atoms with Crippen LogP contribution in [0.1, 0.15) is 68.9 Å². The number of benzene rings is 2. The van der Waals surface area contributed by atoms with Crippen LogP contribution in [0.25, 0.3) is 11.1 Å². The molecule has 1 saturated carbocycles. The Morgan fingerprint density at radius 1 is 0.971 bits per heavy atom. The fourth-order valence-corrected chi connectivity index (χ4v) is 5.37. The van der Waals surface area contributed by atoms with E-state index in [0.717, 1.165) is 30.4 Å². The molecule has 186 valence electrons. The highest BCUT2D eigenvalue weighted by Crippen LogP contribution is 2.44. The molecular formula is C28H34N2O5. The van der Waals surface area contributed by atoms with Crippen LogP contribution in [0.15, 0.2) is 48.5 Å². The van der Waals surface area contributed by atoms with Crippen LogP contribution < -0.4 is 10.6 Å². The summed E-state index contributed by atoms with van der Waals surface area (Å²) in [5.41, 5.74) is 4.62. The van der Waals surface area contributed by atoms with Crippen molar-refractivity contribution < 1.29 is 24.2 Å². The number of carbonyl (C=O) groups excluding carboxylic acids is 2. The summed E-state index contributed by atoms with van der Waals surface area (Å²) < 4.78 is 5.61. The quantitative estimate of drug-likeness (QED) is 0.471. The second-order valence-corrected chi connectivity index (χ2v) is 9.54. The number of carboxylic acids is 1. The number of aliphatic carboxylic acids is 1. The van der Waals surface area contributed by atoms with Gasteiger partial charge in [0.15, 0.2) is 0 Å². The number of alkyl carbamates (subject to hydrolysis) is 1. The smallest absolute Gasteiger partial charge is 0.407 e. The lowest BCUT2D eigenvalue weighted by molar-refractivity contribution is -0.143. The van der Waals surface area contributed by atoms with Crippen molar-refractivity contribution in [3.63, 3.8) is 0 Å². The molecule has 7 heteroatoms. The number of carbonyl (C=O) groups is 3. The maximum atomic E-state index is 12.7. The topological polar surface area (TPSA) is 105 Å². The largest absolute Gasteiger partial charge is 0.481 e. The summed E-state index contributed by atoms with van der Waals surface area (Å²) in [6, 6.07) is 15.6. The van der Waals surface area contributed by atoms with Gasteiger partial charge in [-0.15, -0.1) is 0 Å². The Balaban J connectivity index is 1.31. The van der Waals surface area contributed by atoms with Crippen LogP contribution in [-0.4, -0.2) is 41.8 Å². The molecule has 0 spiro atoms. The molecule has 2 aromatic rings. The van der Waals surface area contributed by atoms with Crippen molar-refractivity contribution in [2.75, 3.05) is 6.61 Å². The van der Waals surface area contributed by atoms with Gasteiger partial charge in [-0.25, -0.2) is 4.79 Å². The second-order valence-electron chi connectivity index (χ2n) is 9.54. The van der Waals surface area contributed by atoms with Crippen molar-refractivity contribution in [1.82, 2.24) is 10.6 Å². The molecule has 7 nitrogen and oxygen atoms in total. The summed E-state index contributed by atoms with van der Waals surface area (Å²) in [5, 5.41) is 15.3. The lowest BCUT2D eigenvalue weighted by Crippen LogP contribution is -2.45. The van der Waals surface area contributed by atoms with E-state index in [1.165, 1.54) is 11.1 Å². The number of nitrogens with one attached hydrogen (secondary N) is 2. The molecular weight excluding hydrogens is 444 g/mol. The summed E-state index contributed by atoms with van der Waals surface area (Å²) in [6.45, 7) is 2.11. The first-order chi connectivity index (χ1) is 17.0. The first kappa shape index (κ1) is 24.8. The lowest BCUT2D eigenvalue weighted by Gasteiger charge is -2.24. The van der Waals surface area contributed by atoms with Crippen LogP contribution in [0.2, 0.25) is 0 Å². The van der Waals surface area contributed by atoms with Crippen molar-refractivity contribution >= 4 is 18.0 Å². The molecule has 35 heavy (non-hydrogen) atoms. The van der Waals surface area contributed by atoms with Gasteiger partial charge in [0.1, 0.15) is 6.61 Å². The summed E-state index contributed by atoms with van der Waals surface area (Å²) >= 11 is 0. The Kier molecular flexibility index (Phi) is 8.06. The fraction of sp³-hybridized carbons (Fsp3) is 0.464. The first-order valence-electron chi connectivity index (χ1n) is 12.6. The number of hydrogen-bond acceptors (Lipinski definition) is 4. The van der Waals surface area contributed by atoms with Gasteiger partial charge in [-0.05, 0) is 41.5 Å². The van der Waals surface area contributed by atoms with Crippen LogP contribution in [-0.2, 0) is 14.3 Å². The van der Waals surface area contributed by atoms with Crippen LogP contribution in [0.3, 0.4) is 0 Å². The summed E-state index contributed by atoms with van der Waals surface area (Å²) in [6.07, 6.45) is 4.10. The van der Waals surface area contributed by atoms with Gasteiger partial charge in [-0.3, -0.25) is 9.59 Å². The van der Waals surface area contributed by atoms with Gasteiger partial charge >= 0.3 is 12.1 Å². The van der Waals surface area contributed by atoms with E-state index in [1.807, 2.05) is 31.2 Å². The van der Waals surface area contributed by atoms with E-state index < -0.39 is 18.0 Å². The molecule has 0 radical (unpaired) electrons. The lowest BCUT2D eigenvalue weighted by atomic mass is 9.94. The van der Waals surface area contributed by atoms with Crippen LogP contribution in [0.4, 0.5) is 4.79 Å². The van der Waals surface area contributed by atoms with E-state index in [-0.39, 0.29) is 36.9 Å². The number of amides is 2. The van der Waals surface area contributed by atoms with E-state index in [0.29, 0.717) is 19.3 Å². The second kappa shape index (κ2) is 11.4. The van der Waals surface area contributed by atoms with Crippen molar-refractivity contribution in [3.05, 3.63) is 59.7 Å². The molecule has 2 aromatic carbocycles. The van der Waals surface area contributed by atoms with Gasteiger partial charge in [0.2, 0.25) is 5.91 Å². The molecule has 0 heterocycles. The van der Waals surface area contributed by atoms with Gasteiger partial charge < -0.3 is 20.5 Å². The average Bonchev–Trinajstić information content (AvgIpc) is 2.98. The Bertz CT molecular complexity index is 1020. The zero-order valence-electron chi connectivity index (χ0n) is 20.2. The highest BCUT2D eigenvalue weighted by Gasteiger charge is 2.32. The maximum Gasteiger partial charge on any atom is 0.407 e. The molecule has 2 aliphatic carbocycles. The highest BCUT2D eigenvalue weighted by molar-refractivity contribution is 5.80. The van der Waals surface area contributed by atoms with E-state index >= 15 is 0 Å². The molecule has 2 aliphatic rings.